The van der Waals surface area contributed by atoms with E-state index < -0.39 is 34.9 Å². The Labute approximate surface area is 157 Å². The number of benzene rings is 2. The Morgan fingerprint density at radius 1 is 1.19 bits per heavy atom. The third kappa shape index (κ3) is 5.01. The van der Waals surface area contributed by atoms with Crippen LogP contribution in [-0.2, 0) is 10.0 Å². The van der Waals surface area contributed by atoms with Gasteiger partial charge >= 0.3 is 0 Å². The zero-order valence-corrected chi connectivity index (χ0v) is 15.8. The fourth-order valence-corrected chi connectivity index (χ4v) is 3.48. The number of nitrogens with two attached hydrogens (primary N) is 1. The SMILES string of the molecule is Cc1ccc(N(C)S(=O)(=O)c2cccc(C(=O)NCC(F)(F)CN)c2)cc1. The number of aryl methyl sites for hydroxylation is 1. The van der Waals surface area contributed by atoms with Crippen molar-refractivity contribution in [2.45, 2.75) is 17.7 Å². The van der Waals surface area contributed by atoms with Crippen LogP contribution >= 0.6 is 0 Å². The van der Waals surface area contributed by atoms with Crippen molar-refractivity contribution in [3.63, 3.8) is 0 Å². The molecule has 6 nitrogen and oxygen atoms in total. The smallest absolute Gasteiger partial charge is 0.277 e. The first-order valence-electron chi connectivity index (χ1n) is 8.08. The molecule has 0 saturated carbocycles. The molecule has 2 aromatic rings. The van der Waals surface area contributed by atoms with Crippen LogP contribution in [0.4, 0.5) is 14.5 Å². The lowest BCUT2D eigenvalue weighted by atomic mass is 10.2. The van der Waals surface area contributed by atoms with Gasteiger partial charge in [0.05, 0.1) is 23.7 Å². The first-order valence-corrected chi connectivity index (χ1v) is 9.52. The number of hydrogen-bond acceptors (Lipinski definition) is 4. The number of amides is 1. The maximum atomic E-state index is 13.2. The number of hydrogen-bond donors (Lipinski definition) is 2. The van der Waals surface area contributed by atoms with Gasteiger partial charge in [0.1, 0.15) is 0 Å². The highest BCUT2D eigenvalue weighted by Crippen LogP contribution is 2.23. The van der Waals surface area contributed by atoms with Crippen molar-refractivity contribution < 1.29 is 22.0 Å². The van der Waals surface area contributed by atoms with E-state index in [9.17, 15) is 22.0 Å². The molecule has 2 rings (SSSR count). The molecule has 0 radical (unpaired) electrons. The van der Waals surface area contributed by atoms with E-state index in [1.165, 1.54) is 25.2 Å². The van der Waals surface area contributed by atoms with Gasteiger partial charge in [-0.3, -0.25) is 9.10 Å². The molecule has 0 atom stereocenters. The molecule has 0 saturated heterocycles. The van der Waals surface area contributed by atoms with E-state index in [0.717, 1.165) is 15.9 Å². The summed E-state index contributed by atoms with van der Waals surface area (Å²) >= 11 is 0. The van der Waals surface area contributed by atoms with Crippen molar-refractivity contribution in [1.29, 1.82) is 0 Å². The van der Waals surface area contributed by atoms with Crippen LogP contribution in [0.3, 0.4) is 0 Å². The second-order valence-corrected chi connectivity index (χ2v) is 8.05. The molecule has 0 spiro atoms. The molecule has 3 N–H and O–H groups in total. The summed E-state index contributed by atoms with van der Waals surface area (Å²) in [5.41, 5.74) is 6.32. The zero-order valence-electron chi connectivity index (χ0n) is 14.9. The summed E-state index contributed by atoms with van der Waals surface area (Å²) in [6.07, 6.45) is 0. The monoisotopic (exact) mass is 397 g/mol. The van der Waals surface area contributed by atoms with Crippen LogP contribution in [0.1, 0.15) is 15.9 Å². The summed E-state index contributed by atoms with van der Waals surface area (Å²) in [6.45, 7) is 0.0557. The number of anilines is 1. The number of carbonyl (C=O) groups excluding carboxylic acids is 1. The minimum Gasteiger partial charge on any atom is -0.346 e. The Balaban J connectivity index is 2.24. The highest BCUT2D eigenvalue weighted by Gasteiger charge is 2.28. The Morgan fingerprint density at radius 3 is 2.41 bits per heavy atom. The first kappa shape index (κ1) is 20.8. The van der Waals surface area contributed by atoms with E-state index in [0.29, 0.717) is 5.69 Å². The molecule has 0 aliphatic carbocycles. The lowest BCUT2D eigenvalue weighted by Crippen LogP contribution is -2.41. The zero-order chi connectivity index (χ0) is 20.2. The van der Waals surface area contributed by atoms with E-state index in [2.05, 4.69) is 5.32 Å². The number of halogens is 2. The van der Waals surface area contributed by atoms with Crippen molar-refractivity contribution in [3.8, 4) is 0 Å². The summed E-state index contributed by atoms with van der Waals surface area (Å²) in [5.74, 6) is -4.04. The van der Waals surface area contributed by atoms with E-state index in [-0.39, 0.29) is 10.5 Å². The van der Waals surface area contributed by atoms with Gasteiger partial charge in [-0.2, -0.15) is 0 Å². The maximum absolute atomic E-state index is 13.2. The number of alkyl halides is 2. The predicted octanol–water partition coefficient (Wildman–Crippen LogP) is 2.14. The fraction of sp³-hybridized carbons (Fsp3) is 0.278. The van der Waals surface area contributed by atoms with Crippen LogP contribution in [0.25, 0.3) is 0 Å². The van der Waals surface area contributed by atoms with Gasteiger partial charge in [-0.25, -0.2) is 17.2 Å². The van der Waals surface area contributed by atoms with Crippen molar-refractivity contribution in [3.05, 3.63) is 59.7 Å². The molecule has 0 bridgehead atoms. The molecule has 2 aromatic carbocycles. The quantitative estimate of drug-likeness (QED) is 0.749. The highest BCUT2D eigenvalue weighted by atomic mass is 32.2. The second kappa shape index (κ2) is 8.01. The van der Waals surface area contributed by atoms with E-state index in [1.807, 2.05) is 6.92 Å². The Hall–Kier alpha value is -2.52. The maximum Gasteiger partial charge on any atom is 0.277 e. The third-order valence-electron chi connectivity index (χ3n) is 3.96. The molecule has 0 unspecified atom stereocenters. The molecule has 9 heteroatoms. The molecule has 0 aliphatic rings. The molecular weight excluding hydrogens is 376 g/mol. The van der Waals surface area contributed by atoms with Crippen molar-refractivity contribution in [2.75, 3.05) is 24.4 Å². The van der Waals surface area contributed by atoms with Crippen LogP contribution < -0.4 is 15.4 Å². The molecule has 0 aliphatic heterocycles. The summed E-state index contributed by atoms with van der Waals surface area (Å²) in [4.78, 5) is 11.9. The number of nitrogens with one attached hydrogen (secondary N) is 1. The normalized spacial score (nSPS) is 11.9. The summed E-state index contributed by atoms with van der Waals surface area (Å²) < 4.78 is 53.1. The van der Waals surface area contributed by atoms with Gasteiger partial charge in [0, 0.05) is 12.6 Å². The second-order valence-electron chi connectivity index (χ2n) is 6.08. The van der Waals surface area contributed by atoms with Crippen LogP contribution in [0.15, 0.2) is 53.4 Å². The van der Waals surface area contributed by atoms with Gasteiger partial charge in [-0.15, -0.1) is 0 Å². The van der Waals surface area contributed by atoms with Gasteiger partial charge in [-0.1, -0.05) is 23.8 Å². The standard InChI is InChI=1S/C18H21F2N3O3S/c1-13-6-8-15(9-7-13)23(2)27(25,26)16-5-3-4-14(10-16)17(24)22-12-18(19,20)11-21/h3-10H,11-12,21H2,1-2H3,(H,22,24). The Bertz CT molecular complexity index is 916. The summed E-state index contributed by atoms with van der Waals surface area (Å²) in [7, 11) is -2.53. The first-order chi connectivity index (χ1) is 12.6. The minimum atomic E-state index is -3.92. The minimum absolute atomic E-state index is 0.0406. The van der Waals surface area contributed by atoms with Crippen LogP contribution in [0.2, 0.25) is 0 Å². The van der Waals surface area contributed by atoms with E-state index in [1.54, 1.807) is 24.3 Å². The Morgan fingerprint density at radius 2 is 1.81 bits per heavy atom. The fourth-order valence-electron chi connectivity index (χ4n) is 2.23. The van der Waals surface area contributed by atoms with Crippen LogP contribution in [0.5, 0.6) is 0 Å². The number of rotatable bonds is 7. The van der Waals surface area contributed by atoms with Gasteiger partial charge in [0.25, 0.3) is 21.9 Å². The van der Waals surface area contributed by atoms with Crippen LogP contribution in [-0.4, -0.2) is 40.4 Å². The number of nitrogens with zero attached hydrogens (tertiary/aromatic N) is 1. The van der Waals surface area contributed by atoms with Crippen molar-refractivity contribution in [1.82, 2.24) is 5.32 Å². The van der Waals surface area contributed by atoms with Gasteiger partial charge in [-0.05, 0) is 37.3 Å². The third-order valence-corrected chi connectivity index (χ3v) is 5.74. The lowest BCUT2D eigenvalue weighted by molar-refractivity contribution is 0.0118. The Kier molecular flexibility index (Phi) is 6.17. The molecule has 0 aromatic heterocycles. The summed E-state index contributed by atoms with van der Waals surface area (Å²) in [5, 5.41) is 2.06. The van der Waals surface area contributed by atoms with E-state index in [4.69, 9.17) is 5.73 Å². The average molecular weight is 397 g/mol. The average Bonchev–Trinajstić information content (AvgIpc) is 2.66. The largest absolute Gasteiger partial charge is 0.346 e. The molecule has 0 fully saturated rings. The topological polar surface area (TPSA) is 92.5 Å². The number of sulfonamides is 1. The van der Waals surface area contributed by atoms with Crippen molar-refractivity contribution in [2.24, 2.45) is 5.73 Å². The lowest BCUT2D eigenvalue weighted by Gasteiger charge is -2.20. The molecule has 1 amide bonds. The molecular formula is C18H21F2N3O3S. The van der Waals surface area contributed by atoms with Crippen molar-refractivity contribution >= 4 is 21.6 Å². The highest BCUT2D eigenvalue weighted by molar-refractivity contribution is 7.92. The number of carbonyl (C=O) groups is 1. The van der Waals surface area contributed by atoms with Crippen LogP contribution in [0, 0.1) is 6.92 Å². The van der Waals surface area contributed by atoms with Gasteiger partial charge < -0.3 is 11.1 Å². The summed E-state index contributed by atoms with van der Waals surface area (Å²) in [6, 6.07) is 12.1. The molecule has 27 heavy (non-hydrogen) atoms. The molecule has 146 valence electrons. The predicted molar refractivity (Wildman–Crippen MR) is 99.5 cm³/mol. The van der Waals surface area contributed by atoms with E-state index >= 15 is 0 Å². The van der Waals surface area contributed by atoms with Gasteiger partial charge in [0.15, 0.2) is 0 Å². The molecule has 0 heterocycles. The van der Waals surface area contributed by atoms with Gasteiger partial charge in [0.2, 0.25) is 0 Å².